The maximum absolute atomic E-state index is 14.0. The third-order valence-corrected chi connectivity index (χ3v) is 6.34. The SMILES string of the molecule is Cc1c(C(CCO[N+](=O)[O-])C(=O)O)cc(-c2ccc(S(C)(=O)=O)cc2)n1-c1cccc(F)c1. The summed E-state index contributed by atoms with van der Waals surface area (Å²) < 4.78 is 39.3. The number of carboxylic acids is 1. The number of nitrogens with zero attached hydrogens (tertiary/aromatic N) is 2. The summed E-state index contributed by atoms with van der Waals surface area (Å²) >= 11 is 0. The van der Waals surface area contributed by atoms with Crippen molar-refractivity contribution in [2.75, 3.05) is 12.9 Å². The fourth-order valence-electron chi connectivity index (χ4n) is 3.67. The number of hydrogen-bond donors (Lipinski definition) is 1. The summed E-state index contributed by atoms with van der Waals surface area (Å²) in [7, 11) is -3.42. The molecule has 33 heavy (non-hydrogen) atoms. The molecule has 0 saturated heterocycles. The predicted octanol–water partition coefficient (Wildman–Crippen LogP) is 3.76. The topological polar surface area (TPSA) is 129 Å². The Labute approximate surface area is 189 Å². The van der Waals surface area contributed by atoms with Crippen molar-refractivity contribution in [1.82, 2.24) is 4.57 Å². The molecule has 2 aromatic carbocycles. The standard InChI is InChI=1S/C22H21FN2O7S/c1-14-20(19(22(26)27)10-11-32-25(28)29)13-21(24(14)17-5-3-4-16(23)12-17)15-6-8-18(9-7-15)33(2,30)31/h3-9,12-13,19H,10-11H2,1-2H3,(H,26,27). The van der Waals surface area contributed by atoms with Gasteiger partial charge in [-0.25, -0.2) is 12.8 Å². The molecule has 1 aromatic heterocycles. The van der Waals surface area contributed by atoms with Crippen molar-refractivity contribution in [2.45, 2.75) is 24.2 Å². The zero-order valence-electron chi connectivity index (χ0n) is 17.8. The van der Waals surface area contributed by atoms with Gasteiger partial charge in [0.2, 0.25) is 0 Å². The van der Waals surface area contributed by atoms with Gasteiger partial charge in [0.15, 0.2) is 9.84 Å². The molecule has 9 nitrogen and oxygen atoms in total. The average molecular weight is 476 g/mol. The Hall–Kier alpha value is -3.73. The first-order valence-corrected chi connectivity index (χ1v) is 11.7. The molecule has 1 N–H and O–H groups in total. The molecular weight excluding hydrogens is 455 g/mol. The van der Waals surface area contributed by atoms with Gasteiger partial charge in [-0.3, -0.25) is 4.79 Å². The van der Waals surface area contributed by atoms with E-state index in [2.05, 4.69) is 4.84 Å². The van der Waals surface area contributed by atoms with E-state index in [0.717, 1.165) is 6.26 Å². The molecule has 3 aromatic rings. The number of hydrogen-bond acceptors (Lipinski definition) is 6. The van der Waals surface area contributed by atoms with Crippen molar-refractivity contribution in [3.8, 4) is 16.9 Å². The van der Waals surface area contributed by atoms with Crippen LogP contribution >= 0.6 is 0 Å². The molecule has 0 amide bonds. The number of halogens is 1. The molecule has 0 fully saturated rings. The van der Waals surface area contributed by atoms with E-state index in [4.69, 9.17) is 0 Å². The van der Waals surface area contributed by atoms with Crippen LogP contribution in [0.15, 0.2) is 59.5 Å². The van der Waals surface area contributed by atoms with Gasteiger partial charge in [-0.05, 0) is 60.9 Å². The van der Waals surface area contributed by atoms with Gasteiger partial charge in [-0.1, -0.05) is 18.2 Å². The van der Waals surface area contributed by atoms with Gasteiger partial charge < -0.3 is 14.5 Å². The summed E-state index contributed by atoms with van der Waals surface area (Å²) in [5.41, 5.74) is 2.39. The maximum atomic E-state index is 14.0. The summed E-state index contributed by atoms with van der Waals surface area (Å²) in [6.45, 7) is 1.26. The van der Waals surface area contributed by atoms with Gasteiger partial charge in [-0.2, -0.15) is 0 Å². The van der Waals surface area contributed by atoms with E-state index >= 15 is 0 Å². The largest absolute Gasteiger partial charge is 0.481 e. The Morgan fingerprint density at radius 2 is 1.88 bits per heavy atom. The number of aromatic nitrogens is 1. The summed E-state index contributed by atoms with van der Waals surface area (Å²) in [5.74, 6) is -2.80. The van der Waals surface area contributed by atoms with Crippen LogP contribution in [0.5, 0.6) is 0 Å². The van der Waals surface area contributed by atoms with E-state index in [1.54, 1.807) is 35.8 Å². The highest BCUT2D eigenvalue weighted by Crippen LogP contribution is 2.35. The monoisotopic (exact) mass is 476 g/mol. The van der Waals surface area contributed by atoms with Crippen molar-refractivity contribution in [1.29, 1.82) is 0 Å². The average Bonchev–Trinajstić information content (AvgIpc) is 3.07. The molecule has 0 aliphatic carbocycles. The van der Waals surface area contributed by atoms with Gasteiger partial charge in [0.05, 0.1) is 23.1 Å². The molecule has 174 valence electrons. The molecule has 0 aliphatic heterocycles. The molecule has 0 aliphatic rings. The van der Waals surface area contributed by atoms with Crippen LogP contribution in [-0.4, -0.2) is 42.0 Å². The second-order valence-corrected chi connectivity index (χ2v) is 9.43. The smallest absolute Gasteiger partial charge is 0.311 e. The lowest BCUT2D eigenvalue weighted by molar-refractivity contribution is -0.757. The Kier molecular flexibility index (Phi) is 6.82. The van der Waals surface area contributed by atoms with Crippen molar-refractivity contribution in [2.24, 2.45) is 0 Å². The van der Waals surface area contributed by atoms with Crippen molar-refractivity contribution in [3.63, 3.8) is 0 Å². The van der Waals surface area contributed by atoms with Crippen LogP contribution in [-0.2, 0) is 19.5 Å². The zero-order chi connectivity index (χ0) is 24.3. The van der Waals surface area contributed by atoms with Crippen molar-refractivity contribution < 1.29 is 32.6 Å². The molecule has 1 unspecified atom stereocenters. The van der Waals surface area contributed by atoms with Crippen LogP contribution in [0.1, 0.15) is 23.6 Å². The van der Waals surface area contributed by atoms with Gasteiger partial charge >= 0.3 is 5.97 Å². The summed E-state index contributed by atoms with van der Waals surface area (Å²) in [4.78, 5) is 26.8. The van der Waals surface area contributed by atoms with Crippen molar-refractivity contribution >= 4 is 15.8 Å². The van der Waals surface area contributed by atoms with Crippen LogP contribution in [0.4, 0.5) is 4.39 Å². The first kappa shape index (κ1) is 23.9. The highest BCUT2D eigenvalue weighted by Gasteiger charge is 2.27. The number of aliphatic carboxylic acids is 1. The van der Waals surface area contributed by atoms with Gasteiger partial charge in [0.25, 0.3) is 5.09 Å². The normalized spacial score (nSPS) is 12.3. The third-order valence-electron chi connectivity index (χ3n) is 5.21. The Morgan fingerprint density at radius 1 is 1.21 bits per heavy atom. The Morgan fingerprint density at radius 3 is 2.42 bits per heavy atom. The fraction of sp³-hybridized carbons (Fsp3) is 0.227. The Balaban J connectivity index is 2.17. The highest BCUT2D eigenvalue weighted by molar-refractivity contribution is 7.90. The molecule has 3 rings (SSSR count). The molecule has 11 heteroatoms. The minimum Gasteiger partial charge on any atom is -0.481 e. The minimum atomic E-state index is -3.42. The van der Waals surface area contributed by atoms with E-state index in [9.17, 15) is 32.8 Å². The number of carbonyl (C=O) groups is 1. The van der Waals surface area contributed by atoms with Crippen LogP contribution in [0.25, 0.3) is 16.9 Å². The lowest BCUT2D eigenvalue weighted by Crippen LogP contribution is -2.16. The van der Waals surface area contributed by atoms with Gasteiger partial charge in [0.1, 0.15) is 5.82 Å². The van der Waals surface area contributed by atoms with Crippen LogP contribution < -0.4 is 0 Å². The van der Waals surface area contributed by atoms with Crippen LogP contribution in [0.2, 0.25) is 0 Å². The minimum absolute atomic E-state index is 0.118. The zero-order valence-corrected chi connectivity index (χ0v) is 18.6. The Bertz CT molecular complexity index is 1300. The van der Waals surface area contributed by atoms with Crippen LogP contribution in [0.3, 0.4) is 0 Å². The molecule has 0 saturated carbocycles. The molecule has 1 heterocycles. The van der Waals surface area contributed by atoms with Gasteiger partial charge in [0, 0.05) is 17.6 Å². The second-order valence-electron chi connectivity index (χ2n) is 7.42. The van der Waals surface area contributed by atoms with Gasteiger partial charge in [-0.15, -0.1) is 10.1 Å². The van der Waals surface area contributed by atoms with Crippen LogP contribution in [0, 0.1) is 22.9 Å². The molecular formula is C22H21FN2O7S. The van der Waals surface area contributed by atoms with E-state index in [-0.39, 0.29) is 11.3 Å². The number of benzene rings is 2. The highest BCUT2D eigenvalue weighted by atomic mass is 32.2. The molecule has 0 radical (unpaired) electrons. The lowest BCUT2D eigenvalue weighted by atomic mass is 9.96. The number of carboxylic acid groups (broad SMARTS) is 1. The maximum Gasteiger partial charge on any atom is 0.311 e. The first-order chi connectivity index (χ1) is 15.5. The number of sulfone groups is 1. The van der Waals surface area contributed by atoms with E-state index in [1.807, 2.05) is 0 Å². The predicted molar refractivity (Wildman–Crippen MR) is 117 cm³/mol. The fourth-order valence-corrected chi connectivity index (χ4v) is 4.30. The first-order valence-electron chi connectivity index (χ1n) is 9.78. The third kappa shape index (κ3) is 5.37. The van der Waals surface area contributed by atoms with E-state index in [1.165, 1.54) is 30.3 Å². The summed E-state index contributed by atoms with van der Waals surface area (Å²) in [5, 5.41) is 19.2. The molecule has 1 atom stereocenters. The summed E-state index contributed by atoms with van der Waals surface area (Å²) in [6, 6.07) is 13.4. The molecule has 0 spiro atoms. The summed E-state index contributed by atoms with van der Waals surface area (Å²) in [6.07, 6.45) is 0.931. The van der Waals surface area contributed by atoms with E-state index in [0.29, 0.717) is 28.2 Å². The molecule has 0 bridgehead atoms. The van der Waals surface area contributed by atoms with Crippen molar-refractivity contribution in [3.05, 3.63) is 81.8 Å². The second kappa shape index (κ2) is 9.41. The quantitative estimate of drug-likeness (QED) is 0.368. The number of rotatable bonds is 9. The van der Waals surface area contributed by atoms with E-state index < -0.39 is 39.2 Å². The lowest BCUT2D eigenvalue weighted by Gasteiger charge is -2.15.